The third-order valence-electron chi connectivity index (χ3n) is 3.05. The Labute approximate surface area is 103 Å². The van der Waals surface area contributed by atoms with Gasteiger partial charge in [-0.05, 0) is 0 Å². The van der Waals surface area contributed by atoms with Gasteiger partial charge in [0.25, 0.3) is 0 Å². The number of rotatable bonds is 9. The summed E-state index contributed by atoms with van der Waals surface area (Å²) < 4.78 is 2.20. The van der Waals surface area contributed by atoms with E-state index in [4.69, 9.17) is 8.92 Å². The molecule has 0 aliphatic heterocycles. The van der Waals surface area contributed by atoms with Gasteiger partial charge in [0.1, 0.15) is 0 Å². The molecule has 0 aromatic rings. The minimum atomic E-state index is -2.67. The average molecular weight is 342 g/mol. The molecule has 0 saturated heterocycles. The SMILES string of the molecule is CCC[CH2][Sn]([Cl])([CH2]CCC)[CH](O)CCC. The van der Waals surface area contributed by atoms with E-state index in [1.165, 1.54) is 25.7 Å². The van der Waals surface area contributed by atoms with Gasteiger partial charge in [-0.1, -0.05) is 0 Å². The van der Waals surface area contributed by atoms with Crippen molar-refractivity contribution in [2.75, 3.05) is 0 Å². The predicted molar refractivity (Wildman–Crippen MR) is 72.0 cm³/mol. The summed E-state index contributed by atoms with van der Waals surface area (Å²) in [6, 6.07) is 0. The van der Waals surface area contributed by atoms with Crippen molar-refractivity contribution < 1.29 is 5.11 Å². The number of aliphatic hydroxyl groups is 1. The molecule has 0 aliphatic rings. The Morgan fingerprint density at radius 2 is 1.47 bits per heavy atom. The zero-order valence-electron chi connectivity index (χ0n) is 10.6. The van der Waals surface area contributed by atoms with E-state index in [1.807, 2.05) is 0 Å². The maximum absolute atomic E-state index is 10.2. The van der Waals surface area contributed by atoms with Crippen LogP contribution in [-0.4, -0.2) is 26.5 Å². The third-order valence-corrected chi connectivity index (χ3v) is 18.3. The Bertz CT molecular complexity index is 145. The van der Waals surface area contributed by atoms with Crippen LogP contribution < -0.4 is 0 Å². The Balaban J connectivity index is 4.23. The van der Waals surface area contributed by atoms with Crippen LogP contribution in [0.1, 0.15) is 59.3 Å². The fraction of sp³-hybridized carbons (Fsp3) is 1.00. The fourth-order valence-electron chi connectivity index (χ4n) is 1.93. The van der Waals surface area contributed by atoms with Crippen LogP contribution in [0.25, 0.3) is 0 Å². The second-order valence-electron chi connectivity index (χ2n) is 4.55. The summed E-state index contributed by atoms with van der Waals surface area (Å²) in [5.41, 5.74) is 0. The summed E-state index contributed by atoms with van der Waals surface area (Å²) >= 11 is -2.67. The van der Waals surface area contributed by atoms with E-state index in [9.17, 15) is 5.11 Å². The quantitative estimate of drug-likeness (QED) is 0.614. The van der Waals surface area contributed by atoms with Crippen molar-refractivity contribution in [2.45, 2.75) is 72.3 Å². The van der Waals surface area contributed by atoms with Crippen molar-refractivity contribution in [1.29, 1.82) is 0 Å². The molecule has 15 heavy (non-hydrogen) atoms. The van der Waals surface area contributed by atoms with Gasteiger partial charge in [0.05, 0.1) is 0 Å². The molecule has 0 aliphatic carbocycles. The molecule has 1 nitrogen and oxygen atoms in total. The molecule has 1 atom stereocenters. The molecule has 0 aromatic carbocycles. The molecule has 0 aromatic heterocycles. The van der Waals surface area contributed by atoms with Gasteiger partial charge in [-0.25, -0.2) is 0 Å². The summed E-state index contributed by atoms with van der Waals surface area (Å²) in [7, 11) is 6.79. The van der Waals surface area contributed by atoms with Gasteiger partial charge in [0, 0.05) is 0 Å². The Hall–Kier alpha value is 1.05. The molecule has 0 spiro atoms. The third kappa shape index (κ3) is 6.37. The van der Waals surface area contributed by atoms with Crippen LogP contribution >= 0.6 is 8.92 Å². The predicted octanol–water partition coefficient (Wildman–Crippen LogP) is 4.47. The Morgan fingerprint density at radius 1 is 1.00 bits per heavy atom. The van der Waals surface area contributed by atoms with E-state index in [1.54, 1.807) is 0 Å². The number of unbranched alkanes of at least 4 members (excludes halogenated alkanes) is 2. The standard InChI is InChI=1S/C4H9O.2C4H9.ClH.Sn/c1-2-3-4-5;2*1-3-4-2;;/h4-5H,2-3H2,1H3;2*1,3-4H2,2H3;1H;/q;;;;+1/p-1. The molecular weight excluding hydrogens is 314 g/mol. The summed E-state index contributed by atoms with van der Waals surface area (Å²) in [5, 5.41) is 10.2. The second kappa shape index (κ2) is 9.12. The number of hydrogen-bond acceptors (Lipinski definition) is 1. The molecule has 0 heterocycles. The number of halogens is 1. The Kier molecular flexibility index (Phi) is 9.76. The molecule has 1 N–H and O–H groups in total. The van der Waals surface area contributed by atoms with Crippen LogP contribution in [0.5, 0.6) is 0 Å². The zero-order valence-corrected chi connectivity index (χ0v) is 14.2. The average Bonchev–Trinajstić information content (AvgIpc) is 2.24. The van der Waals surface area contributed by atoms with E-state index in [0.29, 0.717) is 0 Å². The maximum atomic E-state index is 10.2. The van der Waals surface area contributed by atoms with Crippen LogP contribution in [0, 0.1) is 0 Å². The van der Waals surface area contributed by atoms with Crippen LogP contribution in [-0.2, 0) is 0 Å². The minimum absolute atomic E-state index is 0.121. The summed E-state index contributed by atoms with van der Waals surface area (Å²) in [6.07, 6.45) is 6.82. The zero-order chi connectivity index (χ0) is 11.7. The summed E-state index contributed by atoms with van der Waals surface area (Å²) in [4.78, 5) is 0. The first kappa shape index (κ1) is 16.0. The van der Waals surface area contributed by atoms with Crippen LogP contribution in [0.2, 0.25) is 8.87 Å². The fourth-order valence-corrected chi connectivity index (χ4v) is 14.7. The number of aliphatic hydroxyl groups excluding tert-OH is 1. The van der Waals surface area contributed by atoms with Crippen molar-refractivity contribution in [3.05, 3.63) is 0 Å². The molecule has 3 heteroatoms. The van der Waals surface area contributed by atoms with E-state index in [2.05, 4.69) is 20.8 Å². The van der Waals surface area contributed by atoms with Crippen LogP contribution in [0.3, 0.4) is 0 Å². The summed E-state index contributed by atoms with van der Waals surface area (Å²) in [5.74, 6) is 0. The molecular formula is C12H27ClOSn. The second-order valence-corrected chi connectivity index (χ2v) is 20.3. The van der Waals surface area contributed by atoms with E-state index in [-0.39, 0.29) is 4.12 Å². The molecule has 0 rings (SSSR count). The number of hydrogen-bond donors (Lipinski definition) is 1. The van der Waals surface area contributed by atoms with Gasteiger partial charge >= 0.3 is 104 Å². The van der Waals surface area contributed by atoms with Gasteiger partial charge in [0.2, 0.25) is 0 Å². The molecule has 0 amide bonds. The van der Waals surface area contributed by atoms with Gasteiger partial charge in [-0.15, -0.1) is 0 Å². The van der Waals surface area contributed by atoms with E-state index in [0.717, 1.165) is 21.7 Å². The topological polar surface area (TPSA) is 20.2 Å². The molecule has 0 fully saturated rings. The van der Waals surface area contributed by atoms with Gasteiger partial charge in [-0.3, -0.25) is 0 Å². The first-order chi connectivity index (χ1) is 7.10. The van der Waals surface area contributed by atoms with Gasteiger partial charge in [0.15, 0.2) is 0 Å². The molecule has 0 saturated carbocycles. The van der Waals surface area contributed by atoms with E-state index < -0.39 is 17.3 Å². The summed E-state index contributed by atoms with van der Waals surface area (Å²) in [6.45, 7) is 6.54. The van der Waals surface area contributed by atoms with Crippen molar-refractivity contribution in [2.24, 2.45) is 0 Å². The monoisotopic (exact) mass is 342 g/mol. The van der Waals surface area contributed by atoms with Crippen molar-refractivity contribution in [1.82, 2.24) is 0 Å². The van der Waals surface area contributed by atoms with E-state index >= 15 is 0 Å². The molecule has 92 valence electrons. The molecule has 1 unspecified atom stereocenters. The van der Waals surface area contributed by atoms with Crippen molar-refractivity contribution in [3.63, 3.8) is 0 Å². The molecule has 0 radical (unpaired) electrons. The van der Waals surface area contributed by atoms with Crippen molar-refractivity contribution in [3.8, 4) is 0 Å². The first-order valence-corrected chi connectivity index (χ1v) is 15.8. The molecule has 0 bridgehead atoms. The van der Waals surface area contributed by atoms with Crippen LogP contribution in [0.4, 0.5) is 0 Å². The van der Waals surface area contributed by atoms with Gasteiger partial charge < -0.3 is 0 Å². The van der Waals surface area contributed by atoms with Crippen LogP contribution in [0.15, 0.2) is 0 Å². The van der Waals surface area contributed by atoms with Crippen molar-refractivity contribution >= 4 is 26.2 Å². The first-order valence-electron chi connectivity index (χ1n) is 6.47. The normalized spacial score (nSPS) is 14.2. The van der Waals surface area contributed by atoms with Gasteiger partial charge in [-0.2, -0.15) is 0 Å². The Morgan fingerprint density at radius 3 is 1.80 bits per heavy atom.